The van der Waals surface area contributed by atoms with Gasteiger partial charge in [0.25, 0.3) is 0 Å². The zero-order valence-corrected chi connectivity index (χ0v) is 15.2. The van der Waals surface area contributed by atoms with Gasteiger partial charge in [-0.1, -0.05) is 23.7 Å². The van der Waals surface area contributed by atoms with Gasteiger partial charge < -0.3 is 14.9 Å². The van der Waals surface area contributed by atoms with Crippen LogP contribution in [0.5, 0.6) is 5.75 Å². The zero-order valence-electron chi connectivity index (χ0n) is 14.4. The number of hydrogen-bond donors (Lipinski definition) is 2. The summed E-state index contributed by atoms with van der Waals surface area (Å²) in [6, 6.07) is 7.25. The van der Waals surface area contributed by atoms with E-state index in [1.807, 2.05) is 12.1 Å². The Bertz CT molecular complexity index is 515. The van der Waals surface area contributed by atoms with E-state index in [4.69, 9.17) is 16.3 Å². The highest BCUT2D eigenvalue weighted by molar-refractivity contribution is 6.32. The maximum absolute atomic E-state index is 10.4. The summed E-state index contributed by atoms with van der Waals surface area (Å²) in [6.45, 7) is 9.13. The SMILES string of the molecule is CC1(C)CC(O)CC(C)(C)N1CC(O)COc1ccccc1Cl. The smallest absolute Gasteiger partial charge is 0.138 e. The number of benzene rings is 1. The Balaban J connectivity index is 1.98. The number of hydrogen-bond acceptors (Lipinski definition) is 4. The molecule has 0 aromatic heterocycles. The molecule has 0 spiro atoms. The van der Waals surface area contributed by atoms with Crippen molar-refractivity contribution in [2.24, 2.45) is 0 Å². The Kier molecular flexibility index (Phi) is 5.62. The largest absolute Gasteiger partial charge is 0.489 e. The first-order valence-electron chi connectivity index (χ1n) is 8.13. The van der Waals surface area contributed by atoms with Gasteiger partial charge in [0, 0.05) is 17.6 Å². The van der Waals surface area contributed by atoms with Crippen molar-refractivity contribution in [1.29, 1.82) is 0 Å². The van der Waals surface area contributed by atoms with Gasteiger partial charge >= 0.3 is 0 Å². The molecule has 23 heavy (non-hydrogen) atoms. The lowest BCUT2D eigenvalue weighted by Crippen LogP contribution is -2.63. The standard InChI is InChI=1S/C18H28ClNO3/c1-17(2)9-13(21)10-18(3,4)20(17)11-14(22)12-23-16-8-6-5-7-15(16)19/h5-8,13-14,21-22H,9-12H2,1-4H3. The topological polar surface area (TPSA) is 52.9 Å². The number of aliphatic hydroxyl groups is 2. The van der Waals surface area contributed by atoms with Crippen molar-refractivity contribution >= 4 is 11.6 Å². The maximum Gasteiger partial charge on any atom is 0.138 e. The summed E-state index contributed by atoms with van der Waals surface area (Å²) in [5, 5.41) is 21.0. The van der Waals surface area contributed by atoms with E-state index in [1.165, 1.54) is 0 Å². The van der Waals surface area contributed by atoms with E-state index in [-0.39, 0.29) is 23.8 Å². The first kappa shape index (κ1) is 18.5. The lowest BCUT2D eigenvalue weighted by molar-refractivity contribution is -0.1000. The zero-order chi connectivity index (χ0) is 17.3. The van der Waals surface area contributed by atoms with E-state index in [0.29, 0.717) is 30.2 Å². The predicted molar refractivity (Wildman–Crippen MR) is 93.1 cm³/mol. The van der Waals surface area contributed by atoms with Gasteiger partial charge in [-0.2, -0.15) is 0 Å². The highest BCUT2D eigenvalue weighted by atomic mass is 35.5. The van der Waals surface area contributed by atoms with Crippen molar-refractivity contribution in [3.8, 4) is 5.75 Å². The summed E-state index contributed by atoms with van der Waals surface area (Å²) >= 11 is 6.06. The second-order valence-corrected chi connectivity index (χ2v) is 8.10. The quantitative estimate of drug-likeness (QED) is 0.864. The second kappa shape index (κ2) is 6.98. The Morgan fingerprint density at radius 2 is 1.78 bits per heavy atom. The molecule has 2 rings (SSSR count). The molecule has 1 fully saturated rings. The minimum Gasteiger partial charge on any atom is -0.489 e. The number of para-hydroxylation sites is 1. The fraction of sp³-hybridized carbons (Fsp3) is 0.667. The number of rotatable bonds is 5. The molecule has 1 aromatic rings. The van der Waals surface area contributed by atoms with Crippen LogP contribution in [0.25, 0.3) is 0 Å². The Hall–Kier alpha value is -0.810. The Morgan fingerprint density at radius 3 is 2.35 bits per heavy atom. The van der Waals surface area contributed by atoms with Crippen LogP contribution in [-0.4, -0.2) is 51.6 Å². The van der Waals surface area contributed by atoms with Gasteiger partial charge in [0.1, 0.15) is 18.5 Å². The summed E-state index contributed by atoms with van der Waals surface area (Å²) < 4.78 is 5.64. The van der Waals surface area contributed by atoms with Gasteiger partial charge in [-0.3, -0.25) is 4.90 Å². The molecule has 0 aliphatic carbocycles. The maximum atomic E-state index is 10.4. The molecule has 5 heteroatoms. The van der Waals surface area contributed by atoms with Crippen LogP contribution < -0.4 is 4.74 Å². The fourth-order valence-corrected chi connectivity index (χ4v) is 3.96. The number of likely N-dealkylation sites (tertiary alicyclic amines) is 1. The molecule has 1 heterocycles. The van der Waals surface area contributed by atoms with Crippen molar-refractivity contribution < 1.29 is 14.9 Å². The molecule has 130 valence electrons. The third kappa shape index (κ3) is 4.60. The van der Waals surface area contributed by atoms with Crippen LogP contribution in [0.3, 0.4) is 0 Å². The van der Waals surface area contributed by atoms with Crippen LogP contribution in [0.15, 0.2) is 24.3 Å². The normalized spacial score (nSPS) is 22.7. The predicted octanol–water partition coefficient (Wildman–Crippen LogP) is 3.09. The monoisotopic (exact) mass is 341 g/mol. The summed E-state index contributed by atoms with van der Waals surface area (Å²) in [5.74, 6) is 0.584. The number of ether oxygens (including phenoxy) is 1. The van der Waals surface area contributed by atoms with Gasteiger partial charge in [0.05, 0.1) is 11.1 Å². The highest BCUT2D eigenvalue weighted by Gasteiger charge is 2.45. The molecule has 1 unspecified atom stereocenters. The molecule has 4 nitrogen and oxygen atoms in total. The molecular weight excluding hydrogens is 314 g/mol. The highest BCUT2D eigenvalue weighted by Crippen LogP contribution is 2.38. The van der Waals surface area contributed by atoms with Crippen LogP contribution in [0.1, 0.15) is 40.5 Å². The molecule has 1 atom stereocenters. The van der Waals surface area contributed by atoms with E-state index >= 15 is 0 Å². The molecule has 0 bridgehead atoms. The first-order valence-corrected chi connectivity index (χ1v) is 8.51. The van der Waals surface area contributed by atoms with Crippen molar-refractivity contribution in [1.82, 2.24) is 4.90 Å². The van der Waals surface area contributed by atoms with Crippen LogP contribution in [0, 0.1) is 0 Å². The second-order valence-electron chi connectivity index (χ2n) is 7.69. The van der Waals surface area contributed by atoms with Crippen LogP contribution in [-0.2, 0) is 0 Å². The van der Waals surface area contributed by atoms with Gasteiger partial charge in [-0.05, 0) is 52.7 Å². The molecule has 0 saturated carbocycles. The third-order valence-corrected chi connectivity index (χ3v) is 4.91. The number of nitrogens with zero attached hydrogens (tertiary/aromatic N) is 1. The summed E-state index contributed by atoms with van der Waals surface area (Å²) in [4.78, 5) is 2.27. The lowest BCUT2D eigenvalue weighted by Gasteiger charge is -2.54. The van der Waals surface area contributed by atoms with Crippen molar-refractivity contribution in [3.63, 3.8) is 0 Å². The molecule has 0 amide bonds. The Labute approximate surface area is 144 Å². The molecule has 1 aliphatic heterocycles. The van der Waals surface area contributed by atoms with Crippen molar-refractivity contribution in [2.45, 2.75) is 63.8 Å². The van der Waals surface area contributed by atoms with Crippen molar-refractivity contribution in [3.05, 3.63) is 29.3 Å². The minimum atomic E-state index is -0.625. The van der Waals surface area contributed by atoms with Crippen LogP contribution in [0.2, 0.25) is 5.02 Å². The molecule has 1 aromatic carbocycles. The van der Waals surface area contributed by atoms with E-state index in [9.17, 15) is 10.2 Å². The van der Waals surface area contributed by atoms with Gasteiger partial charge in [0.15, 0.2) is 0 Å². The van der Waals surface area contributed by atoms with E-state index < -0.39 is 6.10 Å². The average Bonchev–Trinajstić information content (AvgIpc) is 2.41. The number of β-amino-alcohol motifs (C(OH)–C–C–N with tert-alkyl or cyclic N) is 1. The Morgan fingerprint density at radius 1 is 1.22 bits per heavy atom. The van der Waals surface area contributed by atoms with Gasteiger partial charge in [-0.15, -0.1) is 0 Å². The number of aliphatic hydroxyl groups excluding tert-OH is 2. The summed E-state index contributed by atoms with van der Waals surface area (Å²) in [7, 11) is 0. The van der Waals surface area contributed by atoms with Gasteiger partial charge in [-0.25, -0.2) is 0 Å². The average molecular weight is 342 g/mol. The van der Waals surface area contributed by atoms with E-state index in [2.05, 4.69) is 32.6 Å². The molecule has 1 saturated heterocycles. The summed E-state index contributed by atoms with van der Waals surface area (Å²) in [5.41, 5.74) is -0.348. The first-order chi connectivity index (χ1) is 10.6. The van der Waals surface area contributed by atoms with Crippen molar-refractivity contribution in [2.75, 3.05) is 13.2 Å². The van der Waals surface area contributed by atoms with Crippen LogP contribution >= 0.6 is 11.6 Å². The van der Waals surface area contributed by atoms with E-state index in [0.717, 1.165) is 0 Å². The summed E-state index contributed by atoms with van der Waals surface area (Å²) in [6.07, 6.45) is 0.482. The molecular formula is C18H28ClNO3. The minimum absolute atomic E-state index is 0.174. The van der Waals surface area contributed by atoms with Crippen LogP contribution in [0.4, 0.5) is 0 Å². The fourth-order valence-electron chi connectivity index (χ4n) is 3.77. The molecule has 2 N–H and O–H groups in total. The van der Waals surface area contributed by atoms with Gasteiger partial charge in [0.2, 0.25) is 0 Å². The molecule has 1 aliphatic rings. The third-order valence-electron chi connectivity index (χ3n) is 4.59. The van der Waals surface area contributed by atoms with E-state index in [1.54, 1.807) is 12.1 Å². The lowest BCUT2D eigenvalue weighted by atomic mass is 9.78. The molecule has 0 radical (unpaired) electrons. The number of piperidine rings is 1. The number of halogens is 1.